The molecule has 0 amide bonds. The van der Waals surface area contributed by atoms with Crippen LogP contribution in [-0.4, -0.2) is 37.6 Å². The molecule has 2 rings (SSSR count). The van der Waals surface area contributed by atoms with Crippen LogP contribution < -0.4 is 10.6 Å². The molecule has 0 radical (unpaired) electrons. The zero-order chi connectivity index (χ0) is 13.1. The van der Waals surface area contributed by atoms with Crippen LogP contribution in [0, 0.1) is 5.92 Å². The molecule has 1 aromatic carbocycles. The highest BCUT2D eigenvalue weighted by molar-refractivity contribution is 9.10. The summed E-state index contributed by atoms with van der Waals surface area (Å²) in [7, 11) is 0. The maximum atomic E-state index is 6.08. The predicted octanol–water partition coefficient (Wildman–Crippen LogP) is 2.81. The van der Waals surface area contributed by atoms with Gasteiger partial charge in [0.2, 0.25) is 0 Å². The molecule has 1 aliphatic heterocycles. The fourth-order valence-electron chi connectivity index (χ4n) is 2.50. The van der Waals surface area contributed by atoms with Crippen molar-refractivity contribution in [1.82, 2.24) is 4.90 Å². The van der Waals surface area contributed by atoms with Gasteiger partial charge in [0.25, 0.3) is 0 Å². The molecule has 0 aromatic heterocycles. The maximum absolute atomic E-state index is 6.08. The van der Waals surface area contributed by atoms with E-state index in [0.717, 1.165) is 42.3 Å². The number of hydrogen-bond acceptors (Lipinski definition) is 3. The molecule has 1 fully saturated rings. The topological polar surface area (TPSA) is 32.5 Å². The van der Waals surface area contributed by atoms with Gasteiger partial charge in [-0.05, 0) is 24.1 Å². The molecule has 0 saturated carbocycles. The summed E-state index contributed by atoms with van der Waals surface area (Å²) in [6.07, 6.45) is 0. The van der Waals surface area contributed by atoms with Crippen LogP contribution >= 0.6 is 15.9 Å². The van der Waals surface area contributed by atoms with Crippen LogP contribution in [0.5, 0.6) is 0 Å². The first kappa shape index (κ1) is 13.7. The number of hydrogen-bond donors (Lipinski definition) is 1. The molecule has 1 heterocycles. The zero-order valence-electron chi connectivity index (χ0n) is 11.2. The Balaban J connectivity index is 1.97. The highest BCUT2D eigenvalue weighted by atomic mass is 79.9. The fourth-order valence-corrected chi connectivity index (χ4v) is 2.88. The first-order valence-electron chi connectivity index (χ1n) is 6.58. The predicted molar refractivity (Wildman–Crippen MR) is 82.0 cm³/mol. The minimum Gasteiger partial charge on any atom is -0.397 e. The third kappa shape index (κ3) is 3.39. The summed E-state index contributed by atoms with van der Waals surface area (Å²) in [6.45, 7) is 10.2. The molecule has 4 heteroatoms. The monoisotopic (exact) mass is 311 g/mol. The van der Waals surface area contributed by atoms with Crippen LogP contribution in [0.3, 0.4) is 0 Å². The molecule has 100 valence electrons. The number of nitrogens with two attached hydrogens (primary N) is 1. The van der Waals surface area contributed by atoms with E-state index in [1.807, 2.05) is 6.07 Å². The summed E-state index contributed by atoms with van der Waals surface area (Å²) in [5.41, 5.74) is 8.11. The van der Waals surface area contributed by atoms with Crippen molar-refractivity contribution in [3.05, 3.63) is 22.7 Å². The summed E-state index contributed by atoms with van der Waals surface area (Å²) in [5.74, 6) is 0.745. The van der Waals surface area contributed by atoms with Crippen LogP contribution in [0.15, 0.2) is 22.7 Å². The molecule has 0 aliphatic carbocycles. The number of nitrogen functional groups attached to an aromatic ring is 1. The van der Waals surface area contributed by atoms with Gasteiger partial charge in [0.15, 0.2) is 0 Å². The third-order valence-corrected chi connectivity index (χ3v) is 3.82. The molecule has 2 N–H and O–H groups in total. The number of piperazine rings is 1. The molecule has 0 unspecified atom stereocenters. The second kappa shape index (κ2) is 5.93. The minimum absolute atomic E-state index is 0.745. The molecule has 0 spiro atoms. The van der Waals surface area contributed by atoms with Crippen LogP contribution in [0.1, 0.15) is 13.8 Å². The Morgan fingerprint density at radius 3 is 2.44 bits per heavy atom. The van der Waals surface area contributed by atoms with Gasteiger partial charge in [-0.25, -0.2) is 0 Å². The third-order valence-electron chi connectivity index (χ3n) is 3.33. The van der Waals surface area contributed by atoms with E-state index in [-0.39, 0.29) is 0 Å². The van der Waals surface area contributed by atoms with Crippen molar-refractivity contribution in [3.63, 3.8) is 0 Å². The van der Waals surface area contributed by atoms with Crippen molar-refractivity contribution in [2.24, 2.45) is 5.92 Å². The lowest BCUT2D eigenvalue weighted by Crippen LogP contribution is -2.47. The van der Waals surface area contributed by atoms with E-state index in [4.69, 9.17) is 5.73 Å². The van der Waals surface area contributed by atoms with Gasteiger partial charge in [-0.2, -0.15) is 0 Å². The van der Waals surface area contributed by atoms with Gasteiger partial charge < -0.3 is 10.6 Å². The minimum atomic E-state index is 0.745. The first-order valence-corrected chi connectivity index (χ1v) is 7.38. The van der Waals surface area contributed by atoms with E-state index >= 15 is 0 Å². The van der Waals surface area contributed by atoms with E-state index in [2.05, 4.69) is 51.7 Å². The van der Waals surface area contributed by atoms with Crippen molar-refractivity contribution >= 4 is 27.3 Å². The summed E-state index contributed by atoms with van der Waals surface area (Å²) in [5, 5.41) is 0. The summed E-state index contributed by atoms with van der Waals surface area (Å²) in [4.78, 5) is 4.93. The number of nitrogens with zero attached hydrogens (tertiary/aromatic N) is 2. The van der Waals surface area contributed by atoms with E-state index < -0.39 is 0 Å². The van der Waals surface area contributed by atoms with E-state index in [0.29, 0.717) is 0 Å². The average molecular weight is 312 g/mol. The smallest absolute Gasteiger partial charge is 0.0601 e. The lowest BCUT2D eigenvalue weighted by molar-refractivity contribution is 0.231. The van der Waals surface area contributed by atoms with E-state index in [1.54, 1.807) is 0 Å². The number of rotatable bonds is 3. The SMILES string of the molecule is CC(C)CN1CCN(c2ccc(Br)cc2N)CC1. The van der Waals surface area contributed by atoms with Crippen molar-refractivity contribution < 1.29 is 0 Å². The van der Waals surface area contributed by atoms with Gasteiger partial charge in [0.05, 0.1) is 11.4 Å². The Labute approximate surface area is 118 Å². The molecule has 1 aromatic rings. The molecular weight excluding hydrogens is 290 g/mol. The van der Waals surface area contributed by atoms with Gasteiger partial charge in [0.1, 0.15) is 0 Å². The van der Waals surface area contributed by atoms with Crippen LogP contribution in [0.25, 0.3) is 0 Å². The van der Waals surface area contributed by atoms with Gasteiger partial charge in [-0.1, -0.05) is 29.8 Å². The Kier molecular flexibility index (Phi) is 4.51. The molecule has 1 aliphatic rings. The largest absolute Gasteiger partial charge is 0.397 e. The summed E-state index contributed by atoms with van der Waals surface area (Å²) >= 11 is 3.45. The molecule has 1 saturated heterocycles. The van der Waals surface area contributed by atoms with Crippen molar-refractivity contribution in [3.8, 4) is 0 Å². The van der Waals surface area contributed by atoms with Crippen LogP contribution in [0.4, 0.5) is 11.4 Å². The number of benzene rings is 1. The van der Waals surface area contributed by atoms with Crippen LogP contribution in [0.2, 0.25) is 0 Å². The Morgan fingerprint density at radius 2 is 1.89 bits per heavy atom. The Bertz CT molecular complexity index is 398. The standard InChI is InChI=1S/C14H22BrN3/c1-11(2)10-17-5-7-18(8-6-17)14-4-3-12(15)9-13(14)16/h3-4,9,11H,5-8,10,16H2,1-2H3. The normalized spacial score (nSPS) is 17.4. The molecule has 18 heavy (non-hydrogen) atoms. The Hall–Kier alpha value is -0.740. The highest BCUT2D eigenvalue weighted by Gasteiger charge is 2.18. The second-order valence-corrected chi connectivity index (χ2v) is 6.30. The molecule has 3 nitrogen and oxygen atoms in total. The quantitative estimate of drug-likeness (QED) is 0.871. The van der Waals surface area contributed by atoms with E-state index in [1.165, 1.54) is 12.2 Å². The van der Waals surface area contributed by atoms with E-state index in [9.17, 15) is 0 Å². The van der Waals surface area contributed by atoms with Crippen molar-refractivity contribution in [2.75, 3.05) is 43.4 Å². The fraction of sp³-hybridized carbons (Fsp3) is 0.571. The van der Waals surface area contributed by atoms with Crippen molar-refractivity contribution in [1.29, 1.82) is 0 Å². The molecule has 0 bridgehead atoms. The van der Waals surface area contributed by atoms with Gasteiger partial charge in [0, 0.05) is 37.2 Å². The first-order chi connectivity index (χ1) is 8.56. The summed E-state index contributed by atoms with van der Waals surface area (Å²) in [6, 6.07) is 6.15. The molecular formula is C14H22BrN3. The van der Waals surface area contributed by atoms with Gasteiger partial charge in [-0.15, -0.1) is 0 Å². The lowest BCUT2D eigenvalue weighted by Gasteiger charge is -2.37. The number of anilines is 2. The highest BCUT2D eigenvalue weighted by Crippen LogP contribution is 2.27. The maximum Gasteiger partial charge on any atom is 0.0601 e. The second-order valence-electron chi connectivity index (χ2n) is 5.38. The average Bonchev–Trinajstić information content (AvgIpc) is 2.30. The lowest BCUT2D eigenvalue weighted by atomic mass is 10.1. The number of halogens is 1. The Morgan fingerprint density at radius 1 is 1.22 bits per heavy atom. The van der Waals surface area contributed by atoms with Crippen LogP contribution in [-0.2, 0) is 0 Å². The summed E-state index contributed by atoms with van der Waals surface area (Å²) < 4.78 is 1.04. The molecule has 0 atom stereocenters. The van der Waals surface area contributed by atoms with Gasteiger partial charge >= 0.3 is 0 Å². The zero-order valence-corrected chi connectivity index (χ0v) is 12.8. The van der Waals surface area contributed by atoms with Crippen molar-refractivity contribution in [2.45, 2.75) is 13.8 Å². The van der Waals surface area contributed by atoms with Gasteiger partial charge in [-0.3, -0.25) is 4.90 Å².